The van der Waals surface area contributed by atoms with Crippen LogP contribution in [0.2, 0.25) is 0 Å². The van der Waals surface area contributed by atoms with E-state index in [-0.39, 0.29) is 23.8 Å². The summed E-state index contributed by atoms with van der Waals surface area (Å²) in [6.07, 6.45) is 5.76. The van der Waals surface area contributed by atoms with E-state index >= 15 is 0 Å². The second-order valence-corrected chi connectivity index (χ2v) is 12.4. The van der Waals surface area contributed by atoms with Crippen molar-refractivity contribution in [1.29, 1.82) is 0 Å². The molecule has 0 unspecified atom stereocenters. The predicted molar refractivity (Wildman–Crippen MR) is 284 cm³/mol. The number of nitrogens with one attached hydrogen (secondary N) is 7. The lowest BCUT2D eigenvalue weighted by atomic mass is 10.3. The Labute approximate surface area is 405 Å². The largest absolute Gasteiger partial charge is 0.469 e. The van der Waals surface area contributed by atoms with Crippen molar-refractivity contribution in [1.82, 2.24) is 30.6 Å². The van der Waals surface area contributed by atoms with Crippen LogP contribution < -0.4 is 43.8 Å². The number of terminal acetylenes is 1. The number of nitrogens with zero attached hydrogens (tertiary/aromatic N) is 2. The van der Waals surface area contributed by atoms with Gasteiger partial charge < -0.3 is 68.0 Å². The van der Waals surface area contributed by atoms with Crippen LogP contribution in [0.25, 0.3) is 22.1 Å². The van der Waals surface area contributed by atoms with Crippen molar-refractivity contribution in [2.75, 3.05) is 82.7 Å². The topological polar surface area (TPSA) is 292 Å². The second kappa shape index (κ2) is 43.1. The van der Waals surface area contributed by atoms with Gasteiger partial charge in [0.05, 0.1) is 66.1 Å². The van der Waals surface area contributed by atoms with Crippen LogP contribution in [-0.4, -0.2) is 103 Å². The Morgan fingerprint density at radius 2 is 0.925 bits per heavy atom. The summed E-state index contributed by atoms with van der Waals surface area (Å²) < 4.78 is 18.1. The molecular weight excluding hydrogens is 897 g/mol. The summed E-state index contributed by atoms with van der Waals surface area (Å²) >= 11 is 8.95. The Balaban J connectivity index is -0.000000347. The number of H-pyrrole nitrogens is 2. The average molecular weight is 964 g/mol. The van der Waals surface area contributed by atoms with E-state index < -0.39 is 0 Å². The zero-order chi connectivity index (χ0) is 52.9. The van der Waals surface area contributed by atoms with E-state index in [4.69, 9.17) is 30.8 Å². The zero-order valence-electron chi connectivity index (χ0n) is 40.8. The normalized spacial score (nSPS) is 8.36. The fourth-order valence-corrected chi connectivity index (χ4v) is 3.56. The monoisotopic (exact) mass is 963 g/mol. The third-order valence-corrected chi connectivity index (χ3v) is 7.21. The number of fused-ring (bicyclic) bond motifs is 2. The molecule has 0 aliphatic heterocycles. The first-order valence-electron chi connectivity index (χ1n) is 19.8. The molecule has 364 valence electrons. The maximum absolute atomic E-state index is 9.70. The van der Waals surface area contributed by atoms with Gasteiger partial charge in [-0.05, 0) is 79.5 Å². The standard InChI is InChI=1S/C8H11N3S.2C8H9N3.C6H8N2.C3H7NO.3C3H6O2.C2H2S.C2H2/c1-10-8(12)11-7-5-3-2-4-6(7)9;2*1-9-8-10-6-4-2-3-5-7(6)11-8;7-5-3-1-2-4-6(5)8;1-3(5)4-2;3*1-3(4)5-2;1-2-3;1-2/h2-5H,9H2,1H3,(H2,10,11,12);2*2-5H,1H3,(H2,9,10,11);1-4H,7-8H2;1-2H3,(H,4,5);3*1-2H3;1H2;1-2H/i;;;;;;;;;1D. The molecule has 0 atom stereocenters. The van der Waals surface area contributed by atoms with Crippen LogP contribution in [0.5, 0.6) is 0 Å². The minimum absolute atomic E-state index is 0.00463. The number of hydrogen-bond acceptors (Lipinski definition) is 16. The lowest BCUT2D eigenvalue weighted by molar-refractivity contribution is -0.138. The number of methoxy groups -OCH3 is 3. The molecule has 19 nitrogen and oxygen atoms in total. The predicted octanol–water partition coefficient (Wildman–Crippen LogP) is 6.56. The summed E-state index contributed by atoms with van der Waals surface area (Å²) in [4.78, 5) is 53.2. The number of imidazole rings is 2. The quantitative estimate of drug-likeness (QED) is 0.0295. The SMILES string of the molecule is C=C=S.CNC(=S)Nc1ccccc1N.CNC(C)=O.CNc1nc2ccccc2[nH]1.CNc1nc2ccccc2[nH]1.COC(C)=O.COC(C)=O.COC(C)=O.Nc1ccccc1N.[2H]C#C. The number of carbonyl (C=O) groups is 4. The maximum Gasteiger partial charge on any atom is 0.302 e. The molecule has 6 aromatic rings. The molecule has 0 saturated carbocycles. The first-order valence-corrected chi connectivity index (χ1v) is 20.1. The Kier molecular flexibility index (Phi) is 40.6. The summed E-state index contributed by atoms with van der Waals surface area (Å²) in [6.45, 7) is 8.61. The van der Waals surface area contributed by atoms with E-state index in [9.17, 15) is 19.2 Å². The van der Waals surface area contributed by atoms with Crippen molar-refractivity contribution >= 4 is 115 Å². The molecule has 67 heavy (non-hydrogen) atoms. The van der Waals surface area contributed by atoms with Crippen LogP contribution in [0.4, 0.5) is 34.6 Å². The smallest absolute Gasteiger partial charge is 0.302 e. The molecule has 0 aliphatic carbocycles. The maximum atomic E-state index is 9.70. The van der Waals surface area contributed by atoms with Crippen LogP contribution >= 0.6 is 24.4 Å². The number of aromatic nitrogens is 4. The number of benzene rings is 4. The number of nitrogen functional groups attached to an aromatic ring is 3. The zero-order valence-corrected chi connectivity index (χ0v) is 41.5. The van der Waals surface area contributed by atoms with Crippen LogP contribution in [0.15, 0.2) is 104 Å². The van der Waals surface area contributed by atoms with Crippen LogP contribution in [0.3, 0.4) is 0 Å². The summed E-state index contributed by atoms with van der Waals surface area (Å²) in [5, 5.41) is 16.7. The molecule has 0 spiro atoms. The molecule has 0 aliphatic rings. The minimum atomic E-state index is -0.245. The number of rotatable bonds is 3. The molecule has 0 radical (unpaired) electrons. The van der Waals surface area contributed by atoms with Crippen LogP contribution in [0, 0.1) is 12.8 Å². The summed E-state index contributed by atoms with van der Waals surface area (Å²) in [5.41, 5.74) is 23.4. The van der Waals surface area contributed by atoms with Crippen LogP contribution in [0.1, 0.15) is 29.1 Å². The minimum Gasteiger partial charge on any atom is -0.469 e. The molecule has 2 aromatic heterocycles. The Morgan fingerprint density at radius 3 is 1.16 bits per heavy atom. The second-order valence-electron chi connectivity index (χ2n) is 11.7. The molecular formula is C46H66N12O7S2. The van der Waals surface area contributed by atoms with E-state index in [0.29, 0.717) is 22.2 Å². The highest BCUT2D eigenvalue weighted by atomic mass is 32.1. The van der Waals surface area contributed by atoms with E-state index in [2.05, 4.69) is 91.0 Å². The molecule has 4 aromatic carbocycles. The van der Waals surface area contributed by atoms with Gasteiger partial charge in [0.15, 0.2) is 5.11 Å². The number of ether oxygens (including phenoxy) is 3. The van der Waals surface area contributed by atoms with Gasteiger partial charge in [-0.2, -0.15) is 0 Å². The number of anilines is 6. The van der Waals surface area contributed by atoms with E-state index in [0.717, 1.165) is 39.7 Å². The number of esters is 3. The molecule has 0 saturated heterocycles. The molecule has 13 N–H and O–H groups in total. The van der Waals surface area contributed by atoms with E-state index in [1.54, 1.807) is 26.2 Å². The molecule has 2 heterocycles. The number of amides is 1. The number of nitrogens with two attached hydrogens (primary N) is 3. The van der Waals surface area contributed by atoms with Gasteiger partial charge in [0, 0.05) is 55.9 Å². The van der Waals surface area contributed by atoms with Gasteiger partial charge in [-0.1, -0.05) is 53.6 Å². The van der Waals surface area contributed by atoms with Gasteiger partial charge in [-0.15, -0.1) is 12.8 Å². The highest BCUT2D eigenvalue weighted by molar-refractivity contribution is 7.80. The lowest BCUT2D eigenvalue weighted by Gasteiger charge is -2.08. The molecule has 6 rings (SSSR count). The van der Waals surface area contributed by atoms with Crippen molar-refractivity contribution in [3.05, 3.63) is 104 Å². The van der Waals surface area contributed by atoms with Crippen molar-refractivity contribution in [2.24, 2.45) is 0 Å². The first kappa shape index (κ1) is 63.1. The molecule has 21 heteroatoms. The van der Waals surface area contributed by atoms with Crippen molar-refractivity contribution in [2.45, 2.75) is 27.7 Å². The van der Waals surface area contributed by atoms with Gasteiger partial charge >= 0.3 is 17.9 Å². The number of aromatic amines is 2. The fraction of sp³-hybridized carbons (Fsp3) is 0.239. The van der Waals surface area contributed by atoms with Gasteiger partial charge in [-0.3, -0.25) is 19.2 Å². The Bertz CT molecular complexity index is 2180. The average Bonchev–Trinajstić information content (AvgIpc) is 3.97. The Morgan fingerprint density at radius 1 is 0.642 bits per heavy atom. The molecule has 0 bridgehead atoms. The van der Waals surface area contributed by atoms with Gasteiger partial charge in [0.1, 0.15) is 1.37 Å². The summed E-state index contributed by atoms with van der Waals surface area (Å²) in [5.74, 6) is 0.891. The highest BCUT2D eigenvalue weighted by Gasteiger charge is 1.99. The van der Waals surface area contributed by atoms with Crippen molar-refractivity contribution in [3.63, 3.8) is 0 Å². The van der Waals surface area contributed by atoms with E-state index in [1.807, 2.05) is 99.0 Å². The van der Waals surface area contributed by atoms with Gasteiger partial charge in [0.2, 0.25) is 17.8 Å². The fourth-order valence-electron chi connectivity index (χ4n) is 3.45. The van der Waals surface area contributed by atoms with Gasteiger partial charge in [-0.25, -0.2) is 9.97 Å². The van der Waals surface area contributed by atoms with Crippen molar-refractivity contribution in [3.8, 4) is 12.8 Å². The third kappa shape index (κ3) is 37.0. The Hall–Kier alpha value is -8.18. The summed E-state index contributed by atoms with van der Waals surface area (Å²) in [7, 11) is 11.1. The number of thiocarbonyl (C=S) groups is 2. The third-order valence-electron chi connectivity index (χ3n) is 6.90. The molecule has 1 amide bonds. The number of para-hydroxylation sites is 8. The number of hydrogen-bond donors (Lipinski definition) is 10. The number of carbonyl (C=O) groups excluding carboxylic acids is 4. The first-order chi connectivity index (χ1) is 32.2. The van der Waals surface area contributed by atoms with Crippen molar-refractivity contribution < 1.29 is 34.8 Å². The van der Waals surface area contributed by atoms with E-state index in [1.165, 1.54) is 55.4 Å². The lowest BCUT2D eigenvalue weighted by Crippen LogP contribution is -2.24. The highest BCUT2D eigenvalue weighted by Crippen LogP contribution is 2.16. The molecule has 0 fully saturated rings. The van der Waals surface area contributed by atoms with Crippen LogP contribution in [-0.2, 0) is 33.4 Å². The summed E-state index contributed by atoms with van der Waals surface area (Å²) in [6, 6.07) is 30.6. The van der Waals surface area contributed by atoms with Gasteiger partial charge in [0.25, 0.3) is 0 Å².